The van der Waals surface area contributed by atoms with Gasteiger partial charge in [0.25, 0.3) is 11.8 Å². The highest BCUT2D eigenvalue weighted by atomic mass is 35.5. The summed E-state index contributed by atoms with van der Waals surface area (Å²) in [6.07, 6.45) is 3.83. The molecular formula is C26H28ClN3O3. The van der Waals surface area contributed by atoms with Crippen LogP contribution >= 0.6 is 11.6 Å². The van der Waals surface area contributed by atoms with E-state index in [1.807, 2.05) is 48.5 Å². The van der Waals surface area contributed by atoms with Gasteiger partial charge in [0.1, 0.15) is 0 Å². The van der Waals surface area contributed by atoms with Crippen LogP contribution in [0.1, 0.15) is 39.1 Å². The van der Waals surface area contributed by atoms with Gasteiger partial charge < -0.3 is 9.64 Å². The molecular weight excluding hydrogens is 438 g/mol. The maximum atomic E-state index is 13.2. The molecule has 33 heavy (non-hydrogen) atoms. The van der Waals surface area contributed by atoms with Crippen molar-refractivity contribution >= 4 is 35.2 Å². The number of nitrogens with zero attached hydrogens (tertiary/aromatic N) is 3. The first-order valence-electron chi connectivity index (χ1n) is 11.6. The molecule has 0 radical (unpaired) electrons. The van der Waals surface area contributed by atoms with E-state index in [1.54, 1.807) is 6.07 Å². The molecule has 0 aliphatic carbocycles. The van der Waals surface area contributed by atoms with Gasteiger partial charge in [-0.15, -0.1) is 0 Å². The first kappa shape index (κ1) is 22.1. The van der Waals surface area contributed by atoms with E-state index in [2.05, 4.69) is 9.80 Å². The summed E-state index contributed by atoms with van der Waals surface area (Å²) in [7, 11) is 0. The van der Waals surface area contributed by atoms with Crippen molar-refractivity contribution in [1.29, 1.82) is 0 Å². The predicted molar refractivity (Wildman–Crippen MR) is 130 cm³/mol. The Bertz CT molecular complexity index is 1060. The second-order valence-corrected chi connectivity index (χ2v) is 9.31. The summed E-state index contributed by atoms with van der Waals surface area (Å²) in [5.74, 6) is -0.402. The van der Waals surface area contributed by atoms with Crippen molar-refractivity contribution in [3.05, 3.63) is 70.3 Å². The van der Waals surface area contributed by atoms with E-state index in [1.165, 1.54) is 4.90 Å². The van der Waals surface area contributed by atoms with Crippen molar-refractivity contribution in [3.63, 3.8) is 0 Å². The van der Waals surface area contributed by atoms with Crippen LogP contribution in [-0.2, 0) is 4.74 Å². The topological polar surface area (TPSA) is 53.1 Å². The number of benzene rings is 2. The zero-order valence-electron chi connectivity index (χ0n) is 18.6. The van der Waals surface area contributed by atoms with Crippen molar-refractivity contribution in [2.45, 2.75) is 18.9 Å². The highest BCUT2D eigenvalue weighted by Crippen LogP contribution is 2.33. The molecule has 3 aliphatic heterocycles. The second kappa shape index (κ2) is 9.67. The standard InChI is InChI=1S/C26H28ClN3O3/c27-20(16-19-6-2-1-3-7-19)17-28-11-13-29(14-12-28)23-10-4-9-22-24(23)26(32)30(25(22)31)18-21-8-5-15-33-21/h1-4,6-7,9-10,16,21H,5,8,11-15,17-18H2/b20-16-. The lowest BCUT2D eigenvalue weighted by Gasteiger charge is -2.36. The number of rotatable bonds is 6. The molecule has 0 saturated carbocycles. The van der Waals surface area contributed by atoms with Crippen LogP contribution < -0.4 is 4.90 Å². The molecule has 6 nitrogen and oxygen atoms in total. The molecule has 0 bridgehead atoms. The molecule has 2 aromatic rings. The molecule has 3 aliphatic rings. The number of amides is 2. The average molecular weight is 466 g/mol. The Hall–Kier alpha value is -2.67. The predicted octanol–water partition coefficient (Wildman–Crippen LogP) is 3.86. The van der Waals surface area contributed by atoms with Gasteiger partial charge in [-0.2, -0.15) is 0 Å². The van der Waals surface area contributed by atoms with Gasteiger partial charge in [0.2, 0.25) is 0 Å². The highest BCUT2D eigenvalue weighted by Gasteiger charge is 2.40. The quantitative estimate of drug-likeness (QED) is 0.606. The Morgan fingerprint density at radius 1 is 1.00 bits per heavy atom. The summed E-state index contributed by atoms with van der Waals surface area (Å²) < 4.78 is 5.66. The number of anilines is 1. The van der Waals surface area contributed by atoms with E-state index in [0.717, 1.165) is 55.3 Å². The molecule has 3 heterocycles. The van der Waals surface area contributed by atoms with Gasteiger partial charge in [0, 0.05) is 44.4 Å². The van der Waals surface area contributed by atoms with Crippen LogP contribution in [0.4, 0.5) is 5.69 Å². The van der Waals surface area contributed by atoms with Gasteiger partial charge in [-0.25, -0.2) is 0 Å². The Morgan fingerprint density at radius 3 is 2.52 bits per heavy atom. The van der Waals surface area contributed by atoms with Crippen molar-refractivity contribution in [3.8, 4) is 0 Å². The Labute approximate surface area is 199 Å². The largest absolute Gasteiger partial charge is 0.376 e. The normalized spacial score (nSPS) is 21.7. The highest BCUT2D eigenvalue weighted by molar-refractivity contribution is 6.31. The van der Waals surface area contributed by atoms with Crippen LogP contribution in [0.15, 0.2) is 53.6 Å². The van der Waals surface area contributed by atoms with Gasteiger partial charge >= 0.3 is 0 Å². The molecule has 2 amide bonds. The van der Waals surface area contributed by atoms with Crippen LogP contribution in [0.2, 0.25) is 0 Å². The number of ether oxygens (including phenoxy) is 1. The SMILES string of the molecule is O=C1c2cccc(N3CCN(C/C(Cl)=C/c4ccccc4)CC3)c2C(=O)N1CC1CCCO1. The lowest BCUT2D eigenvalue weighted by atomic mass is 10.1. The Balaban J connectivity index is 1.25. The van der Waals surface area contributed by atoms with E-state index in [4.69, 9.17) is 16.3 Å². The van der Waals surface area contributed by atoms with Gasteiger partial charge in [0.15, 0.2) is 0 Å². The van der Waals surface area contributed by atoms with Crippen molar-refractivity contribution in [2.75, 3.05) is 50.8 Å². The third kappa shape index (κ3) is 4.69. The first-order valence-corrected chi connectivity index (χ1v) is 12.0. The monoisotopic (exact) mass is 465 g/mol. The van der Waals surface area contributed by atoms with E-state index in [-0.39, 0.29) is 17.9 Å². The number of fused-ring (bicyclic) bond motifs is 1. The molecule has 5 rings (SSSR count). The molecule has 0 spiro atoms. The van der Waals surface area contributed by atoms with Crippen molar-refractivity contribution in [2.24, 2.45) is 0 Å². The lowest BCUT2D eigenvalue weighted by Crippen LogP contribution is -2.47. The smallest absolute Gasteiger partial charge is 0.263 e. The van der Waals surface area contributed by atoms with Gasteiger partial charge in [0.05, 0.1) is 29.5 Å². The van der Waals surface area contributed by atoms with Gasteiger partial charge in [-0.3, -0.25) is 19.4 Å². The molecule has 2 aromatic carbocycles. The zero-order chi connectivity index (χ0) is 22.8. The van der Waals surface area contributed by atoms with Gasteiger partial charge in [-0.05, 0) is 36.6 Å². The summed E-state index contributed by atoms with van der Waals surface area (Å²) in [5.41, 5.74) is 2.99. The summed E-state index contributed by atoms with van der Waals surface area (Å²) >= 11 is 6.51. The molecule has 0 N–H and O–H groups in total. The Morgan fingerprint density at radius 2 is 1.79 bits per heavy atom. The summed E-state index contributed by atoms with van der Waals surface area (Å²) in [5, 5.41) is 0.806. The van der Waals surface area contributed by atoms with Crippen molar-refractivity contribution < 1.29 is 14.3 Å². The average Bonchev–Trinajstić information content (AvgIpc) is 3.43. The van der Waals surface area contributed by atoms with Crippen LogP contribution in [-0.4, -0.2) is 73.6 Å². The zero-order valence-corrected chi connectivity index (χ0v) is 19.3. The maximum Gasteiger partial charge on any atom is 0.263 e. The molecule has 172 valence electrons. The second-order valence-electron chi connectivity index (χ2n) is 8.82. The molecule has 2 fully saturated rings. The number of imide groups is 1. The molecule has 7 heteroatoms. The third-order valence-electron chi connectivity index (χ3n) is 6.60. The van der Waals surface area contributed by atoms with Crippen molar-refractivity contribution in [1.82, 2.24) is 9.80 Å². The van der Waals surface area contributed by atoms with Crippen LogP contribution in [0.25, 0.3) is 6.08 Å². The van der Waals surface area contributed by atoms with Crippen LogP contribution in [0, 0.1) is 0 Å². The van der Waals surface area contributed by atoms with E-state index < -0.39 is 0 Å². The van der Waals surface area contributed by atoms with Crippen LogP contribution in [0.5, 0.6) is 0 Å². The molecule has 1 atom stereocenters. The summed E-state index contributed by atoms with van der Waals surface area (Å²) in [6, 6.07) is 15.7. The lowest BCUT2D eigenvalue weighted by molar-refractivity contribution is 0.0475. The van der Waals surface area contributed by atoms with E-state index >= 15 is 0 Å². The number of halogens is 1. The number of piperazine rings is 1. The Kier molecular flexibility index (Phi) is 6.49. The first-order chi connectivity index (χ1) is 16.1. The molecule has 1 unspecified atom stereocenters. The van der Waals surface area contributed by atoms with Crippen LogP contribution in [0.3, 0.4) is 0 Å². The molecule has 0 aromatic heterocycles. The van der Waals surface area contributed by atoms with E-state index in [9.17, 15) is 9.59 Å². The minimum atomic E-state index is -0.205. The maximum absolute atomic E-state index is 13.2. The minimum absolute atomic E-state index is 0.0482. The minimum Gasteiger partial charge on any atom is -0.376 e. The van der Waals surface area contributed by atoms with E-state index in [0.29, 0.717) is 30.8 Å². The fourth-order valence-electron chi connectivity index (χ4n) is 4.87. The van der Waals surface area contributed by atoms with Gasteiger partial charge in [-0.1, -0.05) is 48.0 Å². The number of carbonyl (C=O) groups is 2. The summed E-state index contributed by atoms with van der Waals surface area (Å²) in [4.78, 5) is 32.1. The molecule has 2 saturated heterocycles. The fraction of sp³-hybridized carbons (Fsp3) is 0.385. The number of hydrogen-bond acceptors (Lipinski definition) is 5. The fourth-order valence-corrected chi connectivity index (χ4v) is 5.17. The number of carbonyl (C=O) groups excluding carboxylic acids is 2. The summed E-state index contributed by atoms with van der Waals surface area (Å²) in [6.45, 7) is 4.97. The third-order valence-corrected chi connectivity index (χ3v) is 6.83. The number of hydrogen-bond donors (Lipinski definition) is 0.